The number of nitrogens with one attached hydrogen (secondary N) is 2. The lowest BCUT2D eigenvalue weighted by Crippen LogP contribution is -2.21. The van der Waals surface area contributed by atoms with Crippen LogP contribution in [0.25, 0.3) is 0 Å². The molecule has 6 nitrogen and oxygen atoms in total. The van der Waals surface area contributed by atoms with E-state index in [0.717, 1.165) is 8.26 Å². The van der Waals surface area contributed by atoms with Crippen molar-refractivity contribution in [3.8, 4) is 0 Å². The average molecular weight is 455 g/mol. The second-order valence-corrected chi connectivity index (χ2v) is 8.43. The van der Waals surface area contributed by atoms with Gasteiger partial charge in [0.05, 0.1) is 14.4 Å². The van der Waals surface area contributed by atoms with Crippen molar-refractivity contribution in [1.29, 1.82) is 0 Å². The Morgan fingerprint density at radius 1 is 1.19 bits per heavy atom. The SMILES string of the molecule is NS(=O)(=O)Nc1cccc(NC(=O)c2cc(Br)c(Br)s2)c1. The summed E-state index contributed by atoms with van der Waals surface area (Å²) in [5.41, 5.74) is 0.720. The number of hydrogen-bond donors (Lipinski definition) is 3. The lowest BCUT2D eigenvalue weighted by Gasteiger charge is -2.07. The number of carbonyl (C=O) groups is 1. The maximum atomic E-state index is 12.1. The molecule has 1 amide bonds. The highest BCUT2D eigenvalue weighted by Gasteiger charge is 2.12. The van der Waals surface area contributed by atoms with Gasteiger partial charge in [-0.15, -0.1) is 11.3 Å². The van der Waals surface area contributed by atoms with Gasteiger partial charge in [-0.1, -0.05) is 6.07 Å². The van der Waals surface area contributed by atoms with Crippen LogP contribution in [-0.2, 0) is 10.2 Å². The minimum Gasteiger partial charge on any atom is -0.321 e. The second-order valence-electron chi connectivity index (χ2n) is 3.91. The number of benzene rings is 1. The smallest absolute Gasteiger partial charge is 0.296 e. The van der Waals surface area contributed by atoms with Crippen LogP contribution >= 0.6 is 43.2 Å². The first-order valence-corrected chi connectivity index (χ1v) is 9.36. The van der Waals surface area contributed by atoms with Crippen LogP contribution in [0.3, 0.4) is 0 Å². The van der Waals surface area contributed by atoms with E-state index in [1.165, 1.54) is 23.5 Å². The van der Waals surface area contributed by atoms with Gasteiger partial charge in [0.25, 0.3) is 16.1 Å². The first kappa shape index (κ1) is 16.4. The summed E-state index contributed by atoms with van der Waals surface area (Å²) in [6, 6.07) is 7.93. The molecule has 0 radical (unpaired) electrons. The van der Waals surface area contributed by atoms with Crippen molar-refractivity contribution in [2.24, 2.45) is 5.14 Å². The first-order chi connectivity index (χ1) is 9.74. The lowest BCUT2D eigenvalue weighted by molar-refractivity contribution is 0.103. The van der Waals surface area contributed by atoms with Crippen LogP contribution in [0.2, 0.25) is 0 Å². The van der Waals surface area contributed by atoms with Crippen molar-refractivity contribution in [2.45, 2.75) is 0 Å². The summed E-state index contributed by atoms with van der Waals surface area (Å²) in [6.45, 7) is 0. The standard InChI is InChI=1S/C11H9Br2N3O3S2/c12-8-5-9(20-10(8)13)11(17)15-6-2-1-3-7(4-6)16-21(14,18)19/h1-5,16H,(H,15,17)(H2,14,18,19). The lowest BCUT2D eigenvalue weighted by atomic mass is 10.3. The molecular weight excluding hydrogens is 446 g/mol. The number of rotatable bonds is 4. The van der Waals surface area contributed by atoms with E-state index in [-0.39, 0.29) is 11.6 Å². The van der Waals surface area contributed by atoms with Crippen molar-refractivity contribution >= 4 is 70.7 Å². The molecule has 112 valence electrons. The minimum atomic E-state index is -3.85. The number of anilines is 2. The predicted octanol–water partition coefficient (Wildman–Crippen LogP) is 3.14. The van der Waals surface area contributed by atoms with Gasteiger partial charge >= 0.3 is 0 Å². The monoisotopic (exact) mass is 453 g/mol. The van der Waals surface area contributed by atoms with Gasteiger partial charge < -0.3 is 5.32 Å². The van der Waals surface area contributed by atoms with Gasteiger partial charge in [-0.3, -0.25) is 9.52 Å². The number of hydrogen-bond acceptors (Lipinski definition) is 4. The van der Waals surface area contributed by atoms with Crippen LogP contribution in [0, 0.1) is 0 Å². The number of thiophene rings is 1. The Labute approximate surface area is 142 Å². The molecule has 0 saturated carbocycles. The molecule has 0 unspecified atom stereocenters. The summed E-state index contributed by atoms with van der Waals surface area (Å²) in [6.07, 6.45) is 0. The third-order valence-electron chi connectivity index (χ3n) is 2.25. The van der Waals surface area contributed by atoms with Crippen molar-refractivity contribution in [3.05, 3.63) is 43.5 Å². The maximum absolute atomic E-state index is 12.1. The Hall–Kier alpha value is -0.940. The van der Waals surface area contributed by atoms with E-state index in [9.17, 15) is 13.2 Å². The summed E-state index contributed by atoms with van der Waals surface area (Å²) in [4.78, 5) is 12.6. The molecule has 0 aliphatic heterocycles. The molecule has 0 saturated heterocycles. The second kappa shape index (κ2) is 6.44. The van der Waals surface area contributed by atoms with E-state index in [2.05, 4.69) is 41.9 Å². The Balaban J connectivity index is 2.16. The molecule has 0 aliphatic rings. The Morgan fingerprint density at radius 3 is 2.43 bits per heavy atom. The zero-order valence-corrected chi connectivity index (χ0v) is 15.1. The van der Waals surface area contributed by atoms with Gasteiger partial charge in [-0.2, -0.15) is 8.42 Å². The molecular formula is C11H9Br2N3O3S2. The largest absolute Gasteiger partial charge is 0.321 e. The summed E-state index contributed by atoms with van der Waals surface area (Å²) < 4.78 is 25.7. The first-order valence-electron chi connectivity index (χ1n) is 5.41. The molecule has 1 aromatic heterocycles. The zero-order valence-electron chi connectivity index (χ0n) is 10.3. The molecule has 0 spiro atoms. The van der Waals surface area contributed by atoms with Gasteiger partial charge in [0.1, 0.15) is 0 Å². The summed E-state index contributed by atoms with van der Waals surface area (Å²) in [5.74, 6) is -0.292. The molecule has 0 atom stereocenters. The topological polar surface area (TPSA) is 101 Å². The molecule has 0 aliphatic carbocycles. The third-order valence-corrected chi connectivity index (χ3v) is 6.02. The van der Waals surface area contributed by atoms with Crippen molar-refractivity contribution in [2.75, 3.05) is 10.0 Å². The Kier molecular flexibility index (Phi) is 5.04. The predicted molar refractivity (Wildman–Crippen MR) is 90.8 cm³/mol. The third kappa shape index (κ3) is 4.78. The molecule has 2 aromatic rings. The highest BCUT2D eigenvalue weighted by Crippen LogP contribution is 2.32. The van der Waals surface area contributed by atoms with Crippen LogP contribution in [-0.4, -0.2) is 14.3 Å². The highest BCUT2D eigenvalue weighted by atomic mass is 79.9. The van der Waals surface area contributed by atoms with Gasteiger partial charge in [0.15, 0.2) is 0 Å². The van der Waals surface area contributed by atoms with Crippen LogP contribution in [0.1, 0.15) is 9.67 Å². The highest BCUT2D eigenvalue weighted by molar-refractivity contribution is 9.13. The van der Waals surface area contributed by atoms with Gasteiger partial charge in [0.2, 0.25) is 0 Å². The Morgan fingerprint density at radius 2 is 1.86 bits per heavy atom. The fraction of sp³-hybridized carbons (Fsp3) is 0. The fourth-order valence-corrected chi connectivity index (χ4v) is 3.86. The molecule has 1 aromatic carbocycles. The summed E-state index contributed by atoms with van der Waals surface area (Å²) in [5, 5.41) is 7.57. The normalized spacial score (nSPS) is 11.2. The maximum Gasteiger partial charge on any atom is 0.296 e. The van der Waals surface area contributed by atoms with E-state index >= 15 is 0 Å². The van der Waals surface area contributed by atoms with Crippen LogP contribution in [0.4, 0.5) is 11.4 Å². The molecule has 0 bridgehead atoms. The van der Waals surface area contributed by atoms with Crippen molar-refractivity contribution in [3.63, 3.8) is 0 Å². The quantitative estimate of drug-likeness (QED) is 0.661. The summed E-state index contributed by atoms with van der Waals surface area (Å²) >= 11 is 7.91. The number of carbonyl (C=O) groups excluding carboxylic acids is 1. The molecule has 0 fully saturated rings. The van der Waals surface area contributed by atoms with Crippen LogP contribution in [0.5, 0.6) is 0 Å². The molecule has 21 heavy (non-hydrogen) atoms. The van der Waals surface area contributed by atoms with Crippen molar-refractivity contribution in [1.82, 2.24) is 0 Å². The number of nitrogens with two attached hydrogens (primary N) is 1. The van der Waals surface area contributed by atoms with Gasteiger partial charge in [-0.05, 0) is 56.1 Å². The van der Waals surface area contributed by atoms with Crippen LogP contribution < -0.4 is 15.2 Å². The molecule has 1 heterocycles. The summed E-state index contributed by atoms with van der Waals surface area (Å²) in [7, 11) is -3.85. The van der Waals surface area contributed by atoms with E-state index < -0.39 is 10.2 Å². The Bertz CT molecular complexity index is 770. The number of halogens is 2. The van der Waals surface area contributed by atoms with Crippen molar-refractivity contribution < 1.29 is 13.2 Å². The minimum absolute atomic E-state index is 0.267. The fourth-order valence-electron chi connectivity index (χ4n) is 1.48. The molecule has 4 N–H and O–H groups in total. The molecule has 10 heteroatoms. The van der Waals surface area contributed by atoms with E-state index in [0.29, 0.717) is 10.6 Å². The number of amides is 1. The van der Waals surface area contributed by atoms with E-state index in [4.69, 9.17) is 5.14 Å². The zero-order chi connectivity index (χ0) is 15.6. The molecule has 2 rings (SSSR count). The van der Waals surface area contributed by atoms with E-state index in [1.807, 2.05) is 0 Å². The van der Waals surface area contributed by atoms with Crippen LogP contribution in [0.15, 0.2) is 38.6 Å². The average Bonchev–Trinajstić information content (AvgIpc) is 2.68. The van der Waals surface area contributed by atoms with Gasteiger partial charge in [-0.25, -0.2) is 5.14 Å². The van der Waals surface area contributed by atoms with E-state index in [1.54, 1.807) is 18.2 Å². The van der Waals surface area contributed by atoms with Gasteiger partial charge in [0, 0.05) is 10.2 Å².